The minimum atomic E-state index is -0.138. The molecule has 19 heavy (non-hydrogen) atoms. The number of anilines is 2. The number of hydrogen-bond donors (Lipinski definition) is 3. The van der Waals surface area contributed by atoms with Crippen molar-refractivity contribution in [1.29, 1.82) is 0 Å². The molecule has 0 saturated carbocycles. The van der Waals surface area contributed by atoms with Crippen molar-refractivity contribution in [2.24, 2.45) is 0 Å². The average Bonchev–Trinajstić information content (AvgIpc) is 2.46. The van der Waals surface area contributed by atoms with Gasteiger partial charge in [0.25, 0.3) is 5.91 Å². The quantitative estimate of drug-likeness (QED) is 0.726. The van der Waals surface area contributed by atoms with Gasteiger partial charge >= 0.3 is 0 Å². The van der Waals surface area contributed by atoms with Crippen LogP contribution in [0.3, 0.4) is 0 Å². The van der Waals surface area contributed by atoms with Crippen molar-refractivity contribution in [1.82, 2.24) is 10.3 Å². The van der Waals surface area contributed by atoms with Crippen LogP contribution in [0.1, 0.15) is 16.1 Å². The Labute approximate surface area is 111 Å². The molecule has 0 aliphatic carbocycles. The Morgan fingerprint density at radius 1 is 1.32 bits per heavy atom. The number of pyridine rings is 1. The highest BCUT2D eigenvalue weighted by molar-refractivity contribution is 5.96. The molecular weight excluding hydrogens is 240 g/mol. The molecule has 0 fully saturated rings. The fourth-order valence-electron chi connectivity index (χ4n) is 1.68. The summed E-state index contributed by atoms with van der Waals surface area (Å²) >= 11 is 0. The molecule has 1 aromatic heterocycles. The highest BCUT2D eigenvalue weighted by Gasteiger charge is 2.06. The maximum Gasteiger partial charge on any atom is 0.251 e. The summed E-state index contributed by atoms with van der Waals surface area (Å²) in [6.45, 7) is 0.558. The van der Waals surface area contributed by atoms with Crippen LogP contribution >= 0.6 is 0 Å². The second kappa shape index (κ2) is 5.86. The first kappa shape index (κ1) is 12.9. The highest BCUT2D eigenvalue weighted by atomic mass is 16.1. The van der Waals surface area contributed by atoms with Crippen LogP contribution < -0.4 is 16.4 Å². The normalized spacial score (nSPS) is 9.95. The fourth-order valence-corrected chi connectivity index (χ4v) is 1.68. The number of nitrogen functional groups attached to an aromatic ring is 1. The number of nitrogens with two attached hydrogens (primary N) is 1. The van der Waals surface area contributed by atoms with Gasteiger partial charge in [0.05, 0.1) is 23.6 Å². The Morgan fingerprint density at radius 2 is 2.16 bits per heavy atom. The van der Waals surface area contributed by atoms with E-state index in [0.717, 1.165) is 11.4 Å². The van der Waals surface area contributed by atoms with Crippen molar-refractivity contribution >= 4 is 17.3 Å². The van der Waals surface area contributed by atoms with Crippen molar-refractivity contribution in [3.05, 3.63) is 53.9 Å². The predicted molar refractivity (Wildman–Crippen MR) is 75.8 cm³/mol. The lowest BCUT2D eigenvalue weighted by molar-refractivity contribution is 0.0963. The molecule has 0 aliphatic rings. The Balaban J connectivity index is 2.13. The minimum Gasteiger partial charge on any atom is -0.397 e. The van der Waals surface area contributed by atoms with Gasteiger partial charge in [-0.1, -0.05) is 6.07 Å². The zero-order valence-corrected chi connectivity index (χ0v) is 10.7. The zero-order valence-electron chi connectivity index (χ0n) is 10.7. The van der Waals surface area contributed by atoms with Gasteiger partial charge in [0.2, 0.25) is 0 Å². The van der Waals surface area contributed by atoms with E-state index in [-0.39, 0.29) is 5.91 Å². The van der Waals surface area contributed by atoms with Crippen LogP contribution in [-0.4, -0.2) is 17.9 Å². The van der Waals surface area contributed by atoms with Gasteiger partial charge in [-0.25, -0.2) is 0 Å². The highest BCUT2D eigenvalue weighted by Crippen LogP contribution is 2.20. The van der Waals surface area contributed by atoms with Crippen LogP contribution in [-0.2, 0) is 6.54 Å². The Kier molecular flexibility index (Phi) is 3.97. The molecule has 0 radical (unpaired) electrons. The molecule has 2 rings (SSSR count). The molecule has 4 N–H and O–H groups in total. The van der Waals surface area contributed by atoms with Crippen molar-refractivity contribution < 1.29 is 4.79 Å². The van der Waals surface area contributed by atoms with Crippen LogP contribution in [0.2, 0.25) is 0 Å². The molecule has 0 aliphatic heterocycles. The van der Waals surface area contributed by atoms with Gasteiger partial charge in [-0.3, -0.25) is 9.78 Å². The van der Waals surface area contributed by atoms with E-state index in [1.807, 2.05) is 18.2 Å². The number of rotatable bonds is 4. The number of amides is 1. The topological polar surface area (TPSA) is 80.0 Å². The van der Waals surface area contributed by atoms with Gasteiger partial charge < -0.3 is 16.4 Å². The van der Waals surface area contributed by atoms with Crippen molar-refractivity contribution in [2.45, 2.75) is 6.54 Å². The Hall–Kier alpha value is -2.56. The van der Waals surface area contributed by atoms with Crippen molar-refractivity contribution in [3.63, 3.8) is 0 Å². The molecule has 1 aromatic carbocycles. The summed E-state index contributed by atoms with van der Waals surface area (Å²) in [4.78, 5) is 15.8. The summed E-state index contributed by atoms with van der Waals surface area (Å²) in [5.74, 6) is -0.138. The Morgan fingerprint density at radius 3 is 2.84 bits per heavy atom. The van der Waals surface area contributed by atoms with Gasteiger partial charge in [-0.05, 0) is 30.3 Å². The molecule has 0 atom stereocenters. The van der Waals surface area contributed by atoms with Crippen LogP contribution in [0.5, 0.6) is 0 Å². The molecular formula is C14H16N4O. The third-order valence-electron chi connectivity index (χ3n) is 2.73. The first-order valence-corrected chi connectivity index (χ1v) is 5.96. The number of carbonyl (C=O) groups excluding carboxylic acids is 1. The van der Waals surface area contributed by atoms with E-state index >= 15 is 0 Å². The second-order valence-corrected chi connectivity index (χ2v) is 4.06. The molecule has 98 valence electrons. The SMILES string of the molecule is CNC(=O)c1ccc(N)c(NCc2ccccn2)c1. The summed E-state index contributed by atoms with van der Waals surface area (Å²) in [6, 6.07) is 10.9. The molecule has 0 unspecified atom stereocenters. The van der Waals surface area contributed by atoms with Gasteiger partial charge in [0, 0.05) is 18.8 Å². The third kappa shape index (κ3) is 3.22. The first-order valence-electron chi connectivity index (χ1n) is 5.96. The van der Waals surface area contributed by atoms with Gasteiger partial charge in [-0.2, -0.15) is 0 Å². The van der Waals surface area contributed by atoms with Gasteiger partial charge in [0.15, 0.2) is 0 Å². The second-order valence-electron chi connectivity index (χ2n) is 4.06. The Bertz CT molecular complexity index is 569. The summed E-state index contributed by atoms with van der Waals surface area (Å²) in [6.07, 6.45) is 1.74. The van der Waals surface area contributed by atoms with E-state index in [1.54, 1.807) is 31.4 Å². The molecule has 1 amide bonds. The van der Waals surface area contributed by atoms with Crippen LogP contribution in [0.15, 0.2) is 42.6 Å². The lowest BCUT2D eigenvalue weighted by atomic mass is 10.1. The molecule has 0 bridgehead atoms. The maximum atomic E-state index is 11.6. The van der Waals surface area contributed by atoms with E-state index in [0.29, 0.717) is 17.8 Å². The van der Waals surface area contributed by atoms with E-state index < -0.39 is 0 Å². The summed E-state index contributed by atoms with van der Waals surface area (Å²) in [5, 5.41) is 5.76. The number of aromatic nitrogens is 1. The van der Waals surface area contributed by atoms with E-state index in [2.05, 4.69) is 15.6 Å². The van der Waals surface area contributed by atoms with Gasteiger partial charge in [-0.15, -0.1) is 0 Å². The minimum absolute atomic E-state index is 0.138. The molecule has 2 aromatic rings. The number of carbonyl (C=O) groups is 1. The van der Waals surface area contributed by atoms with Crippen LogP contribution in [0.4, 0.5) is 11.4 Å². The maximum absolute atomic E-state index is 11.6. The van der Waals surface area contributed by atoms with E-state index in [1.165, 1.54) is 0 Å². The third-order valence-corrected chi connectivity index (χ3v) is 2.73. The molecule has 5 heteroatoms. The van der Waals surface area contributed by atoms with Crippen LogP contribution in [0, 0.1) is 0 Å². The monoisotopic (exact) mass is 256 g/mol. The van der Waals surface area contributed by atoms with E-state index in [9.17, 15) is 4.79 Å². The lowest BCUT2D eigenvalue weighted by Crippen LogP contribution is -2.18. The number of benzene rings is 1. The molecule has 0 saturated heterocycles. The van der Waals surface area contributed by atoms with Crippen molar-refractivity contribution in [2.75, 3.05) is 18.1 Å². The fraction of sp³-hybridized carbons (Fsp3) is 0.143. The number of nitrogens with one attached hydrogen (secondary N) is 2. The first-order chi connectivity index (χ1) is 9.20. The van der Waals surface area contributed by atoms with E-state index in [4.69, 9.17) is 5.73 Å². The molecule has 0 spiro atoms. The largest absolute Gasteiger partial charge is 0.397 e. The molecule has 1 heterocycles. The standard InChI is InChI=1S/C14H16N4O/c1-16-14(19)10-5-6-12(15)13(8-10)18-9-11-4-2-3-7-17-11/h2-8,18H,9,15H2,1H3,(H,16,19). The number of nitrogens with zero attached hydrogens (tertiary/aromatic N) is 1. The lowest BCUT2D eigenvalue weighted by Gasteiger charge is -2.10. The average molecular weight is 256 g/mol. The van der Waals surface area contributed by atoms with Gasteiger partial charge in [0.1, 0.15) is 0 Å². The summed E-state index contributed by atoms with van der Waals surface area (Å²) < 4.78 is 0. The predicted octanol–water partition coefficient (Wildman–Crippen LogP) is 1.64. The smallest absolute Gasteiger partial charge is 0.251 e. The molecule has 5 nitrogen and oxygen atoms in total. The van der Waals surface area contributed by atoms with Crippen LogP contribution in [0.25, 0.3) is 0 Å². The summed E-state index contributed by atoms with van der Waals surface area (Å²) in [7, 11) is 1.60. The van der Waals surface area contributed by atoms with Crippen molar-refractivity contribution in [3.8, 4) is 0 Å². The zero-order chi connectivity index (χ0) is 13.7. The summed E-state index contributed by atoms with van der Waals surface area (Å²) in [5.41, 5.74) is 8.69. The number of hydrogen-bond acceptors (Lipinski definition) is 4.